The first-order valence-corrected chi connectivity index (χ1v) is 8.56. The van der Waals surface area contributed by atoms with E-state index >= 15 is 0 Å². The molecule has 0 radical (unpaired) electrons. The van der Waals surface area contributed by atoms with Crippen molar-refractivity contribution in [1.82, 2.24) is 4.72 Å². The Morgan fingerprint density at radius 3 is 2.68 bits per heavy atom. The van der Waals surface area contributed by atoms with Crippen molar-refractivity contribution in [3.63, 3.8) is 0 Å². The van der Waals surface area contributed by atoms with Crippen molar-refractivity contribution >= 4 is 37.3 Å². The summed E-state index contributed by atoms with van der Waals surface area (Å²) in [4.78, 5) is 0.944. The van der Waals surface area contributed by atoms with E-state index in [9.17, 15) is 12.8 Å². The van der Waals surface area contributed by atoms with Gasteiger partial charge in [-0.2, -0.15) is 0 Å². The molecule has 0 amide bonds. The number of hydrogen-bond donors (Lipinski definition) is 1. The molecule has 0 bridgehead atoms. The molecule has 0 saturated carbocycles. The maximum Gasteiger partial charge on any atom is 0.242 e. The molecule has 1 N–H and O–H groups in total. The van der Waals surface area contributed by atoms with Crippen LogP contribution in [0.1, 0.15) is 17.8 Å². The van der Waals surface area contributed by atoms with Gasteiger partial charge in [0.15, 0.2) is 0 Å². The molecule has 1 unspecified atom stereocenters. The van der Waals surface area contributed by atoms with Gasteiger partial charge >= 0.3 is 0 Å². The molecule has 0 spiro atoms. The van der Waals surface area contributed by atoms with Crippen LogP contribution in [0.3, 0.4) is 0 Å². The fraction of sp³-hybridized carbons (Fsp3) is 0.167. The standard InChI is InChI=1S/C12H11BrFNO2S2/c1-8(11-3-2-6-18-11)15-19(16,17)12-5-4-9(14)7-10(12)13/h2-8,15H,1H3. The fourth-order valence-electron chi connectivity index (χ4n) is 1.59. The van der Waals surface area contributed by atoms with E-state index < -0.39 is 15.8 Å². The molecule has 0 fully saturated rings. The first-order valence-electron chi connectivity index (χ1n) is 5.41. The van der Waals surface area contributed by atoms with Gasteiger partial charge in [-0.15, -0.1) is 11.3 Å². The van der Waals surface area contributed by atoms with Gasteiger partial charge in [-0.1, -0.05) is 6.07 Å². The van der Waals surface area contributed by atoms with E-state index in [4.69, 9.17) is 0 Å². The topological polar surface area (TPSA) is 46.2 Å². The Morgan fingerprint density at radius 1 is 1.37 bits per heavy atom. The van der Waals surface area contributed by atoms with E-state index in [1.165, 1.54) is 17.4 Å². The highest BCUT2D eigenvalue weighted by Gasteiger charge is 2.21. The molecular formula is C12H11BrFNO2S2. The highest BCUT2D eigenvalue weighted by molar-refractivity contribution is 9.10. The van der Waals surface area contributed by atoms with Crippen molar-refractivity contribution in [2.75, 3.05) is 0 Å². The number of halogens is 2. The van der Waals surface area contributed by atoms with Gasteiger partial charge in [-0.25, -0.2) is 17.5 Å². The molecule has 2 rings (SSSR count). The average molecular weight is 364 g/mol. The van der Waals surface area contributed by atoms with Crippen LogP contribution in [-0.2, 0) is 10.0 Å². The van der Waals surface area contributed by atoms with E-state index in [1.807, 2.05) is 17.5 Å². The molecule has 1 atom stereocenters. The fourth-order valence-corrected chi connectivity index (χ4v) is 4.67. The lowest BCUT2D eigenvalue weighted by Gasteiger charge is -2.13. The Morgan fingerprint density at radius 2 is 2.11 bits per heavy atom. The van der Waals surface area contributed by atoms with Crippen LogP contribution in [0.2, 0.25) is 0 Å². The van der Waals surface area contributed by atoms with Gasteiger partial charge in [0.2, 0.25) is 10.0 Å². The van der Waals surface area contributed by atoms with Crippen molar-refractivity contribution in [3.8, 4) is 0 Å². The molecule has 102 valence electrons. The monoisotopic (exact) mass is 363 g/mol. The number of thiophene rings is 1. The molecule has 1 aromatic heterocycles. The number of rotatable bonds is 4. The van der Waals surface area contributed by atoms with Crippen LogP contribution < -0.4 is 4.72 Å². The maximum atomic E-state index is 13.0. The zero-order valence-electron chi connectivity index (χ0n) is 9.93. The highest BCUT2D eigenvalue weighted by atomic mass is 79.9. The van der Waals surface area contributed by atoms with Crippen molar-refractivity contribution < 1.29 is 12.8 Å². The minimum Gasteiger partial charge on any atom is -0.207 e. The predicted octanol–water partition coefficient (Wildman–Crippen LogP) is 3.69. The van der Waals surface area contributed by atoms with Gasteiger partial charge in [0, 0.05) is 9.35 Å². The van der Waals surface area contributed by atoms with Gasteiger partial charge in [0.1, 0.15) is 5.82 Å². The molecular weight excluding hydrogens is 353 g/mol. The Hall–Kier alpha value is -0.760. The minimum absolute atomic E-state index is 0.0253. The zero-order chi connectivity index (χ0) is 14.0. The molecule has 0 saturated heterocycles. The molecule has 0 aliphatic rings. The molecule has 1 aromatic carbocycles. The summed E-state index contributed by atoms with van der Waals surface area (Å²) in [6, 6.07) is 6.88. The molecule has 7 heteroatoms. The Balaban J connectivity index is 2.28. The first kappa shape index (κ1) is 14.6. The number of hydrogen-bond acceptors (Lipinski definition) is 3. The number of benzene rings is 1. The van der Waals surface area contributed by atoms with E-state index in [1.54, 1.807) is 6.92 Å². The summed E-state index contributed by atoms with van der Waals surface area (Å²) < 4.78 is 40.2. The van der Waals surface area contributed by atoms with Crippen LogP contribution in [0.4, 0.5) is 4.39 Å². The third kappa shape index (κ3) is 3.42. The van der Waals surface area contributed by atoms with E-state index in [0.717, 1.165) is 17.0 Å². The highest BCUT2D eigenvalue weighted by Crippen LogP contribution is 2.25. The average Bonchev–Trinajstić information content (AvgIpc) is 2.80. The van der Waals surface area contributed by atoms with Crippen LogP contribution in [0, 0.1) is 5.82 Å². The van der Waals surface area contributed by atoms with Crippen LogP contribution in [-0.4, -0.2) is 8.42 Å². The van der Waals surface area contributed by atoms with Crippen molar-refractivity contribution in [2.45, 2.75) is 17.9 Å². The second-order valence-electron chi connectivity index (χ2n) is 3.93. The molecule has 1 heterocycles. The zero-order valence-corrected chi connectivity index (χ0v) is 13.1. The lowest BCUT2D eigenvalue weighted by atomic mass is 10.3. The van der Waals surface area contributed by atoms with Gasteiger partial charge in [-0.3, -0.25) is 0 Å². The Kier molecular flexibility index (Phi) is 4.39. The summed E-state index contributed by atoms with van der Waals surface area (Å²) in [5.74, 6) is -0.489. The number of sulfonamides is 1. The normalized spacial score (nSPS) is 13.4. The number of nitrogens with one attached hydrogen (secondary N) is 1. The van der Waals surface area contributed by atoms with Gasteiger partial charge in [0.05, 0.1) is 10.9 Å². The molecule has 2 aromatic rings. The molecule has 3 nitrogen and oxygen atoms in total. The molecule has 0 aliphatic carbocycles. The predicted molar refractivity (Wildman–Crippen MR) is 77.2 cm³/mol. The summed E-state index contributed by atoms with van der Waals surface area (Å²) in [5.41, 5.74) is 0. The van der Waals surface area contributed by atoms with Gasteiger partial charge in [0.25, 0.3) is 0 Å². The van der Waals surface area contributed by atoms with E-state index in [-0.39, 0.29) is 15.4 Å². The van der Waals surface area contributed by atoms with Gasteiger partial charge in [-0.05, 0) is 52.5 Å². The third-order valence-electron chi connectivity index (χ3n) is 2.49. The summed E-state index contributed by atoms with van der Waals surface area (Å²) in [5, 5.41) is 1.88. The van der Waals surface area contributed by atoms with Crippen molar-refractivity contribution in [3.05, 3.63) is 50.9 Å². The van der Waals surface area contributed by atoms with Crippen molar-refractivity contribution in [2.24, 2.45) is 0 Å². The van der Waals surface area contributed by atoms with E-state index in [2.05, 4.69) is 20.7 Å². The maximum absolute atomic E-state index is 13.0. The van der Waals surface area contributed by atoms with Gasteiger partial charge < -0.3 is 0 Å². The largest absolute Gasteiger partial charge is 0.242 e. The lowest BCUT2D eigenvalue weighted by Crippen LogP contribution is -2.26. The molecule has 0 aliphatic heterocycles. The van der Waals surface area contributed by atoms with Crippen LogP contribution in [0.15, 0.2) is 45.1 Å². The summed E-state index contributed by atoms with van der Waals surface area (Å²) in [6.45, 7) is 1.76. The second kappa shape index (κ2) is 5.70. The lowest BCUT2D eigenvalue weighted by molar-refractivity contribution is 0.567. The summed E-state index contributed by atoms with van der Waals surface area (Å²) in [6.07, 6.45) is 0. The van der Waals surface area contributed by atoms with Crippen LogP contribution >= 0.6 is 27.3 Å². The van der Waals surface area contributed by atoms with Crippen LogP contribution in [0.25, 0.3) is 0 Å². The SMILES string of the molecule is CC(NS(=O)(=O)c1ccc(F)cc1Br)c1cccs1. The summed E-state index contributed by atoms with van der Waals surface area (Å²) >= 11 is 4.54. The third-order valence-corrected chi connectivity index (χ3v) is 6.06. The Bertz CT molecular complexity index is 671. The second-order valence-corrected chi connectivity index (χ2v) is 7.45. The minimum atomic E-state index is -3.69. The summed E-state index contributed by atoms with van der Waals surface area (Å²) in [7, 11) is -3.69. The van der Waals surface area contributed by atoms with E-state index in [0.29, 0.717) is 0 Å². The first-order chi connectivity index (χ1) is 8.90. The smallest absolute Gasteiger partial charge is 0.207 e. The van der Waals surface area contributed by atoms with Crippen LogP contribution in [0.5, 0.6) is 0 Å². The molecule has 19 heavy (non-hydrogen) atoms. The quantitative estimate of drug-likeness (QED) is 0.900. The Labute approximate surface area is 123 Å². The van der Waals surface area contributed by atoms with Crippen molar-refractivity contribution in [1.29, 1.82) is 0 Å².